The fraction of sp³-hybridized carbons (Fsp3) is 0. The lowest BCUT2D eigenvalue weighted by Crippen LogP contribution is -1.92. The van der Waals surface area contributed by atoms with E-state index < -0.39 is 0 Å². The van der Waals surface area contributed by atoms with Gasteiger partial charge in [0.15, 0.2) is 0 Å². The topological polar surface area (TPSA) is 70.0 Å². The predicted molar refractivity (Wildman–Crippen MR) is 47.2 cm³/mol. The van der Waals surface area contributed by atoms with Gasteiger partial charge in [-0.1, -0.05) is 6.58 Å². The molecule has 3 nitrogen and oxygen atoms in total. The molecule has 0 amide bonds. The van der Waals surface area contributed by atoms with Crippen LogP contribution in [0.15, 0.2) is 24.8 Å². The molecule has 0 unspecified atom stereocenters. The van der Waals surface area contributed by atoms with Crippen LogP contribution in [0.1, 0.15) is 11.1 Å². The molecule has 1 aromatic rings. The molecule has 60 valence electrons. The van der Waals surface area contributed by atoms with Gasteiger partial charge in [0.1, 0.15) is 11.8 Å². The Morgan fingerprint density at radius 3 is 2.67 bits per heavy atom. The van der Waals surface area contributed by atoms with Crippen LogP contribution in [0.2, 0.25) is 0 Å². The third-order valence-electron chi connectivity index (χ3n) is 1.51. The Morgan fingerprint density at radius 2 is 2.25 bits per heavy atom. The lowest BCUT2D eigenvalue weighted by Gasteiger charge is -2.00. The number of aliphatic hydroxyl groups excluding tert-OH is 1. The van der Waals surface area contributed by atoms with Crippen molar-refractivity contribution in [1.82, 2.24) is 0 Å². The molecule has 0 atom stereocenters. The maximum atomic E-state index is 8.98. The Bertz CT molecular complexity index is 363. The van der Waals surface area contributed by atoms with Gasteiger partial charge in [0, 0.05) is 5.56 Å². The minimum absolute atomic E-state index is 0.0498. The molecule has 3 heteroatoms. The van der Waals surface area contributed by atoms with Crippen LogP contribution in [0, 0.1) is 11.3 Å². The van der Waals surface area contributed by atoms with Gasteiger partial charge in [0.05, 0.1) is 11.3 Å². The van der Waals surface area contributed by atoms with Gasteiger partial charge in [-0.25, -0.2) is 0 Å². The molecular formula is C9H8N2O. The fourth-order valence-corrected chi connectivity index (χ4v) is 0.844. The van der Waals surface area contributed by atoms with Gasteiger partial charge < -0.3 is 10.8 Å². The summed E-state index contributed by atoms with van der Waals surface area (Å²) in [5.74, 6) is -0.0498. The van der Waals surface area contributed by atoms with E-state index in [4.69, 9.17) is 16.1 Å². The first-order valence-corrected chi connectivity index (χ1v) is 3.33. The van der Waals surface area contributed by atoms with Crippen molar-refractivity contribution in [2.75, 3.05) is 5.73 Å². The largest absolute Gasteiger partial charge is 0.508 e. The highest BCUT2D eigenvalue weighted by Crippen LogP contribution is 2.16. The lowest BCUT2D eigenvalue weighted by molar-refractivity contribution is 0.514. The van der Waals surface area contributed by atoms with Crippen molar-refractivity contribution in [3.63, 3.8) is 0 Å². The highest BCUT2D eigenvalue weighted by Gasteiger charge is 2.00. The summed E-state index contributed by atoms with van der Waals surface area (Å²) in [5.41, 5.74) is 6.78. The van der Waals surface area contributed by atoms with Crippen LogP contribution in [0.4, 0.5) is 5.69 Å². The van der Waals surface area contributed by atoms with Gasteiger partial charge in [0.25, 0.3) is 0 Å². The third kappa shape index (κ3) is 1.38. The summed E-state index contributed by atoms with van der Waals surface area (Å²) in [6.07, 6.45) is 0. The Hall–Kier alpha value is -1.95. The molecule has 0 heterocycles. The SMILES string of the molecule is C=C(O)c1ccc(C#N)c(N)c1. The van der Waals surface area contributed by atoms with Crippen LogP contribution < -0.4 is 5.73 Å². The second kappa shape index (κ2) is 2.97. The summed E-state index contributed by atoms with van der Waals surface area (Å²) < 4.78 is 0. The van der Waals surface area contributed by atoms with E-state index in [1.165, 1.54) is 6.07 Å². The molecule has 0 aliphatic rings. The van der Waals surface area contributed by atoms with E-state index in [0.717, 1.165) is 0 Å². The van der Waals surface area contributed by atoms with Gasteiger partial charge in [-0.15, -0.1) is 0 Å². The summed E-state index contributed by atoms with van der Waals surface area (Å²) in [7, 11) is 0. The van der Waals surface area contributed by atoms with E-state index in [9.17, 15) is 0 Å². The molecule has 3 N–H and O–H groups in total. The third-order valence-corrected chi connectivity index (χ3v) is 1.51. The Balaban J connectivity index is 3.21. The zero-order valence-electron chi connectivity index (χ0n) is 6.41. The van der Waals surface area contributed by atoms with Crippen LogP contribution >= 0.6 is 0 Å². The highest BCUT2D eigenvalue weighted by molar-refractivity contribution is 5.65. The zero-order chi connectivity index (χ0) is 9.14. The number of aliphatic hydroxyl groups is 1. The number of rotatable bonds is 1. The van der Waals surface area contributed by atoms with Crippen molar-refractivity contribution in [1.29, 1.82) is 5.26 Å². The molecule has 12 heavy (non-hydrogen) atoms. The molecule has 0 radical (unpaired) electrons. The maximum absolute atomic E-state index is 8.98. The molecule has 0 bridgehead atoms. The van der Waals surface area contributed by atoms with Crippen molar-refractivity contribution in [2.45, 2.75) is 0 Å². The van der Waals surface area contributed by atoms with E-state index in [-0.39, 0.29) is 5.76 Å². The standard InChI is InChI=1S/C9H8N2O/c1-6(12)7-2-3-8(5-10)9(11)4-7/h2-4,12H,1,11H2. The van der Waals surface area contributed by atoms with Crippen LogP contribution in [0.25, 0.3) is 5.76 Å². The minimum atomic E-state index is -0.0498. The van der Waals surface area contributed by atoms with Crippen LogP contribution in [0.3, 0.4) is 0 Å². The quantitative estimate of drug-likeness (QED) is 0.485. The van der Waals surface area contributed by atoms with Crippen molar-refractivity contribution in [2.24, 2.45) is 0 Å². The highest BCUT2D eigenvalue weighted by atomic mass is 16.3. The number of hydrogen-bond acceptors (Lipinski definition) is 3. The van der Waals surface area contributed by atoms with Crippen molar-refractivity contribution in [3.8, 4) is 6.07 Å². The molecular weight excluding hydrogens is 152 g/mol. The van der Waals surface area contributed by atoms with Crippen LogP contribution in [-0.2, 0) is 0 Å². The number of anilines is 1. The summed E-state index contributed by atoms with van der Waals surface area (Å²) in [4.78, 5) is 0. The van der Waals surface area contributed by atoms with Gasteiger partial charge in [-0.05, 0) is 18.2 Å². The first kappa shape index (κ1) is 8.15. The maximum Gasteiger partial charge on any atom is 0.115 e. The van der Waals surface area contributed by atoms with E-state index >= 15 is 0 Å². The molecule has 0 aromatic heterocycles. The normalized spacial score (nSPS) is 8.92. The number of nitrogen functional groups attached to an aromatic ring is 1. The second-order valence-corrected chi connectivity index (χ2v) is 2.36. The number of nitriles is 1. The number of hydrogen-bond donors (Lipinski definition) is 2. The number of nitrogens with two attached hydrogens (primary N) is 1. The smallest absolute Gasteiger partial charge is 0.115 e. The zero-order valence-corrected chi connectivity index (χ0v) is 6.41. The van der Waals surface area contributed by atoms with E-state index in [1.54, 1.807) is 12.1 Å². The number of benzene rings is 1. The van der Waals surface area contributed by atoms with Gasteiger partial charge in [-0.3, -0.25) is 0 Å². The van der Waals surface area contributed by atoms with Crippen molar-refractivity contribution < 1.29 is 5.11 Å². The molecule has 0 fully saturated rings. The average molecular weight is 160 g/mol. The first-order chi connectivity index (χ1) is 5.65. The van der Waals surface area contributed by atoms with Crippen LogP contribution in [0.5, 0.6) is 0 Å². The molecule has 0 saturated heterocycles. The van der Waals surface area contributed by atoms with E-state index in [2.05, 4.69) is 6.58 Å². The summed E-state index contributed by atoms with van der Waals surface area (Å²) in [5, 5.41) is 17.5. The monoisotopic (exact) mass is 160 g/mol. The Labute approximate surface area is 70.4 Å². The predicted octanol–water partition coefficient (Wildman–Crippen LogP) is 1.67. The first-order valence-electron chi connectivity index (χ1n) is 3.33. The van der Waals surface area contributed by atoms with Crippen molar-refractivity contribution >= 4 is 11.4 Å². The second-order valence-electron chi connectivity index (χ2n) is 2.36. The van der Waals surface area contributed by atoms with Crippen molar-refractivity contribution in [3.05, 3.63) is 35.9 Å². The van der Waals surface area contributed by atoms with E-state index in [1.807, 2.05) is 6.07 Å². The lowest BCUT2D eigenvalue weighted by atomic mass is 10.1. The number of nitrogens with zero attached hydrogens (tertiary/aromatic N) is 1. The van der Waals surface area contributed by atoms with Gasteiger partial charge >= 0.3 is 0 Å². The molecule has 1 aromatic carbocycles. The summed E-state index contributed by atoms with van der Waals surface area (Å²) in [6.45, 7) is 3.34. The molecule has 0 aliphatic heterocycles. The Morgan fingerprint density at radius 1 is 1.58 bits per heavy atom. The molecule has 0 spiro atoms. The molecule has 1 rings (SSSR count). The molecule has 0 aliphatic carbocycles. The van der Waals surface area contributed by atoms with Gasteiger partial charge in [-0.2, -0.15) is 5.26 Å². The molecule has 0 saturated carbocycles. The van der Waals surface area contributed by atoms with E-state index in [0.29, 0.717) is 16.8 Å². The van der Waals surface area contributed by atoms with Crippen LogP contribution in [-0.4, -0.2) is 5.11 Å². The minimum Gasteiger partial charge on any atom is -0.508 e. The Kier molecular flexibility index (Phi) is 2.02. The summed E-state index contributed by atoms with van der Waals surface area (Å²) in [6, 6.07) is 6.58. The summed E-state index contributed by atoms with van der Waals surface area (Å²) >= 11 is 0. The van der Waals surface area contributed by atoms with Gasteiger partial charge in [0.2, 0.25) is 0 Å². The fourth-order valence-electron chi connectivity index (χ4n) is 0.844. The average Bonchev–Trinajstić information content (AvgIpc) is 2.04.